The summed E-state index contributed by atoms with van der Waals surface area (Å²) in [6, 6.07) is 15.6. The number of hydrogen-bond donors (Lipinski definition) is 0. The van der Waals surface area contributed by atoms with Gasteiger partial charge in [-0.15, -0.1) is 11.3 Å². The Kier molecular flexibility index (Phi) is 6.08. The third-order valence-corrected chi connectivity index (χ3v) is 5.12. The molecule has 0 saturated heterocycles. The fraction of sp³-hybridized carbons (Fsp3) is 0.238. The summed E-state index contributed by atoms with van der Waals surface area (Å²) >= 11 is 1.42. The van der Waals surface area contributed by atoms with E-state index in [4.69, 9.17) is 9.47 Å². The molecule has 0 aliphatic carbocycles. The molecule has 140 valence electrons. The highest BCUT2D eigenvalue weighted by atomic mass is 32.1. The minimum Gasteiger partial charge on any atom is -0.493 e. The first kappa shape index (κ1) is 18.9. The number of para-hydroxylation sites is 1. The molecule has 0 N–H and O–H groups in total. The summed E-state index contributed by atoms with van der Waals surface area (Å²) in [6.07, 6.45) is 0. The Morgan fingerprint density at radius 2 is 1.85 bits per heavy atom. The van der Waals surface area contributed by atoms with Crippen LogP contribution < -0.4 is 9.47 Å². The molecule has 6 heteroatoms. The Labute approximate surface area is 163 Å². The van der Waals surface area contributed by atoms with E-state index in [1.165, 1.54) is 11.3 Å². The second kappa shape index (κ2) is 8.68. The molecule has 5 nitrogen and oxygen atoms in total. The smallest absolute Gasteiger partial charge is 0.273 e. The number of carbonyl (C=O) groups excluding carboxylic acids is 1. The van der Waals surface area contributed by atoms with Crippen LogP contribution in [0.4, 0.5) is 0 Å². The topological polar surface area (TPSA) is 51.7 Å². The summed E-state index contributed by atoms with van der Waals surface area (Å²) in [4.78, 5) is 19.3. The lowest BCUT2D eigenvalue weighted by Crippen LogP contribution is -2.30. The predicted octanol–water partition coefficient (Wildman–Crippen LogP) is 4.49. The maximum atomic E-state index is 12.9. The van der Waals surface area contributed by atoms with E-state index in [9.17, 15) is 4.79 Å². The lowest BCUT2D eigenvalue weighted by molar-refractivity contribution is 0.0747. The lowest BCUT2D eigenvalue weighted by Gasteiger charge is -2.19. The van der Waals surface area contributed by atoms with Crippen LogP contribution in [-0.4, -0.2) is 36.6 Å². The molecule has 1 amide bonds. The Morgan fingerprint density at radius 3 is 2.52 bits per heavy atom. The molecule has 1 aromatic heterocycles. The fourth-order valence-corrected chi connectivity index (χ4v) is 3.66. The van der Waals surface area contributed by atoms with Gasteiger partial charge in [0.05, 0.1) is 19.8 Å². The summed E-state index contributed by atoms with van der Waals surface area (Å²) in [5.74, 6) is 1.17. The second-order valence-corrected chi connectivity index (χ2v) is 6.74. The Hall–Kier alpha value is -2.86. The van der Waals surface area contributed by atoms with Gasteiger partial charge in [-0.25, -0.2) is 4.98 Å². The molecule has 0 radical (unpaired) electrons. The van der Waals surface area contributed by atoms with Gasteiger partial charge in [-0.3, -0.25) is 4.79 Å². The fourth-order valence-electron chi connectivity index (χ4n) is 2.84. The number of carbonyl (C=O) groups is 1. The molecule has 0 saturated carbocycles. The van der Waals surface area contributed by atoms with Crippen molar-refractivity contribution < 1.29 is 14.3 Å². The summed E-state index contributed by atoms with van der Waals surface area (Å²) in [6.45, 7) is 3.15. The van der Waals surface area contributed by atoms with Crippen molar-refractivity contribution >= 4 is 17.2 Å². The monoisotopic (exact) mass is 382 g/mol. The summed E-state index contributed by atoms with van der Waals surface area (Å²) in [7, 11) is 3.20. The number of rotatable bonds is 7. The molecule has 27 heavy (non-hydrogen) atoms. The SMILES string of the molecule is CCN(Cc1ccccc1)C(=O)c1csc(-c2cccc(OC)c2OC)n1. The average Bonchev–Trinajstić information content (AvgIpc) is 3.21. The van der Waals surface area contributed by atoms with Crippen LogP contribution in [0.3, 0.4) is 0 Å². The zero-order valence-electron chi connectivity index (χ0n) is 15.6. The maximum Gasteiger partial charge on any atom is 0.273 e. The van der Waals surface area contributed by atoms with Gasteiger partial charge >= 0.3 is 0 Å². The highest BCUT2D eigenvalue weighted by molar-refractivity contribution is 7.13. The molecule has 0 fully saturated rings. The first-order valence-electron chi connectivity index (χ1n) is 8.68. The summed E-state index contributed by atoms with van der Waals surface area (Å²) in [5, 5.41) is 2.52. The van der Waals surface area contributed by atoms with Crippen molar-refractivity contribution in [2.24, 2.45) is 0 Å². The van der Waals surface area contributed by atoms with Crippen LogP contribution in [0.1, 0.15) is 23.0 Å². The van der Waals surface area contributed by atoms with Gasteiger partial charge in [-0.1, -0.05) is 36.4 Å². The predicted molar refractivity (Wildman–Crippen MR) is 108 cm³/mol. The largest absolute Gasteiger partial charge is 0.493 e. The van der Waals surface area contributed by atoms with Gasteiger partial charge < -0.3 is 14.4 Å². The quantitative estimate of drug-likeness (QED) is 0.604. The zero-order valence-corrected chi connectivity index (χ0v) is 16.5. The van der Waals surface area contributed by atoms with Crippen molar-refractivity contribution in [3.8, 4) is 22.1 Å². The van der Waals surface area contributed by atoms with E-state index in [0.717, 1.165) is 16.1 Å². The summed E-state index contributed by atoms with van der Waals surface area (Å²) in [5.41, 5.74) is 2.35. The van der Waals surface area contributed by atoms with Crippen LogP contribution in [0.2, 0.25) is 0 Å². The van der Waals surface area contributed by atoms with Crippen molar-refractivity contribution in [3.05, 3.63) is 65.2 Å². The van der Waals surface area contributed by atoms with Crippen molar-refractivity contribution in [3.63, 3.8) is 0 Å². The number of nitrogens with zero attached hydrogens (tertiary/aromatic N) is 2. The van der Waals surface area contributed by atoms with Crippen LogP contribution in [0, 0.1) is 0 Å². The van der Waals surface area contributed by atoms with Gasteiger partial charge in [-0.2, -0.15) is 0 Å². The van der Waals surface area contributed by atoms with Crippen LogP contribution in [0.25, 0.3) is 10.6 Å². The first-order valence-corrected chi connectivity index (χ1v) is 9.56. The number of ether oxygens (including phenoxy) is 2. The average molecular weight is 382 g/mol. The number of thiazole rings is 1. The number of methoxy groups -OCH3 is 2. The summed E-state index contributed by atoms with van der Waals surface area (Å²) < 4.78 is 10.8. The van der Waals surface area contributed by atoms with Crippen molar-refractivity contribution in [2.75, 3.05) is 20.8 Å². The first-order chi connectivity index (χ1) is 13.2. The molecule has 0 aliphatic heterocycles. The highest BCUT2D eigenvalue weighted by Gasteiger charge is 2.20. The number of hydrogen-bond acceptors (Lipinski definition) is 5. The van der Waals surface area contributed by atoms with Crippen LogP contribution >= 0.6 is 11.3 Å². The van der Waals surface area contributed by atoms with E-state index in [-0.39, 0.29) is 5.91 Å². The van der Waals surface area contributed by atoms with E-state index in [0.29, 0.717) is 30.3 Å². The number of amides is 1. The molecule has 2 aromatic carbocycles. The minimum atomic E-state index is -0.0780. The van der Waals surface area contributed by atoms with Crippen LogP contribution in [0.5, 0.6) is 11.5 Å². The third kappa shape index (κ3) is 4.11. The Morgan fingerprint density at radius 1 is 1.07 bits per heavy atom. The van der Waals surface area contributed by atoms with Gasteiger partial charge in [0.1, 0.15) is 10.7 Å². The van der Waals surface area contributed by atoms with E-state index in [1.54, 1.807) is 24.5 Å². The number of benzene rings is 2. The minimum absolute atomic E-state index is 0.0780. The molecule has 1 heterocycles. The van der Waals surface area contributed by atoms with Gasteiger partial charge in [0.25, 0.3) is 5.91 Å². The van der Waals surface area contributed by atoms with Gasteiger partial charge in [0.2, 0.25) is 0 Å². The molecule has 0 unspecified atom stereocenters. The molecule has 3 rings (SSSR count). The zero-order chi connectivity index (χ0) is 19.2. The van der Waals surface area contributed by atoms with Crippen LogP contribution in [-0.2, 0) is 6.54 Å². The molecule has 0 aliphatic rings. The Bertz CT molecular complexity index is 909. The molecule has 0 atom stereocenters. The third-order valence-electron chi connectivity index (χ3n) is 4.24. The lowest BCUT2D eigenvalue weighted by atomic mass is 10.2. The molecule has 0 spiro atoms. The van der Waals surface area contributed by atoms with E-state index in [2.05, 4.69) is 4.98 Å². The standard InChI is InChI=1S/C21H22N2O3S/c1-4-23(13-15-9-6-5-7-10-15)21(24)17-14-27-20(22-17)16-11-8-12-18(25-2)19(16)26-3/h5-12,14H,4,13H2,1-3H3. The molecular formula is C21H22N2O3S. The molecular weight excluding hydrogens is 360 g/mol. The second-order valence-electron chi connectivity index (χ2n) is 5.88. The highest BCUT2D eigenvalue weighted by Crippen LogP contribution is 2.39. The van der Waals surface area contributed by atoms with Crippen molar-refractivity contribution in [1.82, 2.24) is 9.88 Å². The van der Waals surface area contributed by atoms with Gasteiger partial charge in [0.15, 0.2) is 11.5 Å². The van der Waals surface area contributed by atoms with Crippen molar-refractivity contribution in [2.45, 2.75) is 13.5 Å². The van der Waals surface area contributed by atoms with Gasteiger partial charge in [0, 0.05) is 18.5 Å². The molecule has 0 bridgehead atoms. The molecule has 3 aromatic rings. The normalized spacial score (nSPS) is 10.5. The van der Waals surface area contributed by atoms with Gasteiger partial charge in [-0.05, 0) is 24.6 Å². The van der Waals surface area contributed by atoms with E-state index < -0.39 is 0 Å². The van der Waals surface area contributed by atoms with E-state index in [1.807, 2.05) is 55.5 Å². The number of aromatic nitrogens is 1. The maximum absolute atomic E-state index is 12.9. The van der Waals surface area contributed by atoms with E-state index >= 15 is 0 Å². The van der Waals surface area contributed by atoms with Crippen LogP contribution in [0.15, 0.2) is 53.9 Å². The Balaban J connectivity index is 1.86. The van der Waals surface area contributed by atoms with Crippen molar-refractivity contribution in [1.29, 1.82) is 0 Å².